The summed E-state index contributed by atoms with van der Waals surface area (Å²) in [7, 11) is 0. The fraction of sp³-hybridized carbons (Fsp3) is 0.286. The van der Waals surface area contributed by atoms with E-state index >= 15 is 0 Å². The third-order valence-electron chi connectivity index (χ3n) is 2.46. The van der Waals surface area contributed by atoms with E-state index in [-0.39, 0.29) is 0 Å². The monoisotopic (exact) mass is 263 g/mol. The van der Waals surface area contributed by atoms with Gasteiger partial charge in [0.1, 0.15) is 0 Å². The minimum Gasteiger partial charge on any atom is -0.316 e. The smallest absolute Gasteiger partial charge is 0.0106 e. The molecule has 0 amide bonds. The number of hydrogen-bond donors (Lipinski definition) is 1. The predicted molar refractivity (Wildman–Crippen MR) is 78.1 cm³/mol. The summed E-state index contributed by atoms with van der Waals surface area (Å²) in [4.78, 5) is 1.35. The molecule has 17 heavy (non-hydrogen) atoms. The van der Waals surface area contributed by atoms with Crippen molar-refractivity contribution >= 4 is 23.1 Å². The maximum atomic E-state index is 3.48. The summed E-state index contributed by atoms with van der Waals surface area (Å²) in [5.74, 6) is 1.13. The highest BCUT2D eigenvalue weighted by Crippen LogP contribution is 2.15. The van der Waals surface area contributed by atoms with E-state index in [1.54, 1.807) is 11.3 Å². The summed E-state index contributed by atoms with van der Waals surface area (Å²) >= 11 is 3.68. The standard InChI is InChI=1S/C14H17NS2/c1-2-4-14(5-3-1)17-11-9-15-8-6-13-7-10-16-12-13/h1-5,7,10,12,15H,6,8-9,11H2. The molecule has 0 spiro atoms. The Kier molecular flexibility index (Phi) is 5.62. The van der Waals surface area contributed by atoms with Gasteiger partial charge in [-0.05, 0) is 47.5 Å². The first kappa shape index (κ1) is 12.7. The molecular weight excluding hydrogens is 246 g/mol. The fourth-order valence-corrected chi connectivity index (χ4v) is 3.09. The van der Waals surface area contributed by atoms with Crippen molar-refractivity contribution in [1.29, 1.82) is 0 Å². The molecule has 90 valence electrons. The third-order valence-corrected chi connectivity index (χ3v) is 4.21. The molecular formula is C14H17NS2. The second kappa shape index (κ2) is 7.54. The molecule has 0 unspecified atom stereocenters. The van der Waals surface area contributed by atoms with Crippen molar-refractivity contribution in [3.8, 4) is 0 Å². The van der Waals surface area contributed by atoms with E-state index in [0.29, 0.717) is 0 Å². The lowest BCUT2D eigenvalue weighted by Gasteiger charge is -2.04. The van der Waals surface area contributed by atoms with Gasteiger partial charge in [-0.3, -0.25) is 0 Å². The Balaban J connectivity index is 1.52. The first-order chi connectivity index (χ1) is 8.45. The highest BCUT2D eigenvalue weighted by molar-refractivity contribution is 7.99. The van der Waals surface area contributed by atoms with Crippen LogP contribution in [0.25, 0.3) is 0 Å². The number of hydrogen-bond acceptors (Lipinski definition) is 3. The van der Waals surface area contributed by atoms with Crippen molar-refractivity contribution in [3.05, 3.63) is 52.7 Å². The number of benzene rings is 1. The van der Waals surface area contributed by atoms with E-state index in [9.17, 15) is 0 Å². The Morgan fingerprint density at radius 3 is 2.71 bits per heavy atom. The van der Waals surface area contributed by atoms with Gasteiger partial charge < -0.3 is 5.32 Å². The Morgan fingerprint density at radius 1 is 1.06 bits per heavy atom. The second-order valence-corrected chi connectivity index (χ2v) is 5.74. The summed E-state index contributed by atoms with van der Waals surface area (Å²) in [6, 6.07) is 12.8. The normalized spacial score (nSPS) is 10.6. The zero-order valence-corrected chi connectivity index (χ0v) is 11.4. The van der Waals surface area contributed by atoms with Gasteiger partial charge in [0.2, 0.25) is 0 Å². The van der Waals surface area contributed by atoms with Crippen LogP contribution in [0.1, 0.15) is 5.56 Å². The highest BCUT2D eigenvalue weighted by atomic mass is 32.2. The molecule has 1 N–H and O–H groups in total. The molecule has 0 aliphatic heterocycles. The Bertz CT molecular complexity index is 397. The van der Waals surface area contributed by atoms with Crippen LogP contribution >= 0.6 is 23.1 Å². The maximum Gasteiger partial charge on any atom is 0.0106 e. The minimum atomic E-state index is 1.07. The Labute approximate surface area is 111 Å². The van der Waals surface area contributed by atoms with Gasteiger partial charge in [-0.25, -0.2) is 0 Å². The lowest BCUT2D eigenvalue weighted by molar-refractivity contribution is 0.722. The molecule has 0 aliphatic rings. The van der Waals surface area contributed by atoms with Crippen LogP contribution in [0.15, 0.2) is 52.1 Å². The molecule has 3 heteroatoms. The van der Waals surface area contributed by atoms with Gasteiger partial charge in [-0.15, -0.1) is 11.8 Å². The van der Waals surface area contributed by atoms with Crippen molar-refractivity contribution in [2.24, 2.45) is 0 Å². The third kappa shape index (κ3) is 4.94. The van der Waals surface area contributed by atoms with Crippen LogP contribution in [-0.4, -0.2) is 18.8 Å². The fourth-order valence-electron chi connectivity index (χ4n) is 1.55. The van der Waals surface area contributed by atoms with Crippen LogP contribution in [0.4, 0.5) is 0 Å². The van der Waals surface area contributed by atoms with Crippen LogP contribution in [-0.2, 0) is 6.42 Å². The molecule has 1 aromatic carbocycles. The molecule has 2 aromatic rings. The number of nitrogens with one attached hydrogen (secondary N) is 1. The van der Waals surface area contributed by atoms with Crippen LogP contribution < -0.4 is 5.32 Å². The van der Waals surface area contributed by atoms with Crippen LogP contribution in [0.2, 0.25) is 0 Å². The Hall–Kier alpha value is -0.770. The zero-order chi connectivity index (χ0) is 11.8. The molecule has 0 fully saturated rings. The van der Waals surface area contributed by atoms with Crippen molar-refractivity contribution in [3.63, 3.8) is 0 Å². The molecule has 0 radical (unpaired) electrons. The minimum absolute atomic E-state index is 1.07. The average molecular weight is 263 g/mol. The summed E-state index contributed by atoms with van der Waals surface area (Å²) in [5, 5.41) is 7.84. The van der Waals surface area contributed by atoms with Crippen LogP contribution in [0.3, 0.4) is 0 Å². The van der Waals surface area contributed by atoms with Crippen molar-refractivity contribution in [2.75, 3.05) is 18.8 Å². The first-order valence-corrected chi connectivity index (χ1v) is 7.77. The maximum absolute atomic E-state index is 3.48. The molecule has 0 bridgehead atoms. The lowest BCUT2D eigenvalue weighted by atomic mass is 10.2. The molecule has 1 nitrogen and oxygen atoms in total. The summed E-state index contributed by atoms with van der Waals surface area (Å²) < 4.78 is 0. The van der Waals surface area contributed by atoms with Gasteiger partial charge >= 0.3 is 0 Å². The number of thioether (sulfide) groups is 1. The topological polar surface area (TPSA) is 12.0 Å². The summed E-state index contributed by atoms with van der Waals surface area (Å²) in [6.07, 6.45) is 1.14. The molecule has 1 aromatic heterocycles. The molecule has 0 aliphatic carbocycles. The number of rotatable bonds is 7. The van der Waals surface area contributed by atoms with Crippen LogP contribution in [0.5, 0.6) is 0 Å². The van der Waals surface area contributed by atoms with Crippen molar-refractivity contribution < 1.29 is 0 Å². The molecule has 0 saturated heterocycles. The largest absolute Gasteiger partial charge is 0.316 e. The quantitative estimate of drug-likeness (QED) is 0.604. The number of thiophene rings is 1. The Morgan fingerprint density at radius 2 is 1.94 bits per heavy atom. The SMILES string of the molecule is c1ccc(SCCNCCc2ccsc2)cc1. The molecule has 0 atom stereocenters. The van der Waals surface area contributed by atoms with Gasteiger partial charge in [0.25, 0.3) is 0 Å². The summed E-state index contributed by atoms with van der Waals surface area (Å²) in [6.45, 7) is 2.15. The zero-order valence-electron chi connectivity index (χ0n) is 9.76. The van der Waals surface area contributed by atoms with E-state index in [1.807, 2.05) is 11.8 Å². The molecule has 1 heterocycles. The average Bonchev–Trinajstić information content (AvgIpc) is 2.88. The van der Waals surface area contributed by atoms with E-state index in [0.717, 1.165) is 25.3 Å². The second-order valence-electron chi connectivity index (χ2n) is 3.79. The lowest BCUT2D eigenvalue weighted by Crippen LogP contribution is -2.19. The van der Waals surface area contributed by atoms with Gasteiger partial charge in [0.15, 0.2) is 0 Å². The van der Waals surface area contributed by atoms with Gasteiger partial charge in [-0.2, -0.15) is 11.3 Å². The van der Waals surface area contributed by atoms with E-state index in [1.165, 1.54) is 10.5 Å². The van der Waals surface area contributed by atoms with Crippen molar-refractivity contribution in [2.45, 2.75) is 11.3 Å². The van der Waals surface area contributed by atoms with Crippen LogP contribution in [0, 0.1) is 0 Å². The van der Waals surface area contributed by atoms with E-state index in [4.69, 9.17) is 0 Å². The molecule has 2 rings (SSSR count). The predicted octanol–water partition coefficient (Wildman–Crippen LogP) is 3.67. The molecule has 0 saturated carbocycles. The summed E-state index contributed by atoms with van der Waals surface area (Å²) in [5.41, 5.74) is 1.44. The highest BCUT2D eigenvalue weighted by Gasteiger charge is 1.94. The van der Waals surface area contributed by atoms with E-state index in [2.05, 4.69) is 52.5 Å². The van der Waals surface area contributed by atoms with E-state index < -0.39 is 0 Å². The van der Waals surface area contributed by atoms with Gasteiger partial charge in [-0.1, -0.05) is 18.2 Å². The first-order valence-electron chi connectivity index (χ1n) is 5.85. The van der Waals surface area contributed by atoms with Gasteiger partial charge in [0, 0.05) is 17.2 Å². The van der Waals surface area contributed by atoms with Gasteiger partial charge in [0.05, 0.1) is 0 Å². The van der Waals surface area contributed by atoms with Crippen molar-refractivity contribution in [1.82, 2.24) is 5.32 Å².